The highest BCUT2D eigenvalue weighted by molar-refractivity contribution is 5.99. The van der Waals surface area contributed by atoms with Crippen molar-refractivity contribution in [3.05, 3.63) is 23.8 Å². The predicted molar refractivity (Wildman–Crippen MR) is 167 cm³/mol. The Morgan fingerprint density at radius 2 is 1.77 bits per heavy atom. The number of aliphatic imine (C=N–C) groups is 1. The summed E-state index contributed by atoms with van der Waals surface area (Å²) in [6.45, 7) is 8.81. The molecule has 0 spiro atoms. The van der Waals surface area contributed by atoms with Gasteiger partial charge in [0.25, 0.3) is 0 Å². The van der Waals surface area contributed by atoms with Crippen LogP contribution in [0.15, 0.2) is 23.2 Å². The number of ether oxygens (including phenoxy) is 2. The number of amides is 3. The molecule has 238 valence electrons. The summed E-state index contributed by atoms with van der Waals surface area (Å²) in [6.07, 6.45) is 10.1. The van der Waals surface area contributed by atoms with Crippen LogP contribution < -0.4 is 15.4 Å². The predicted octanol–water partition coefficient (Wildman–Crippen LogP) is 5.52. The minimum atomic E-state index is -0.381. The molecule has 3 aliphatic rings. The Kier molecular flexibility index (Phi) is 11.7. The van der Waals surface area contributed by atoms with Gasteiger partial charge in [-0.15, -0.1) is 0 Å². The standard InChI is InChI=1S/C33H51N5O5/c1-22(2)34-33(41)36-32-35-28-17-16-27(42-18-10-15-29(39)37(5)26-13-7-6-8-14-26)19-25(28)20-38(32)21-30(40)43-31-23(3)11-9-12-24(31)4/h16-17,19,22-24,26,31H,6-15,18,20-21H2,1-5H3,(H2,34,35,36,41). The molecule has 10 heteroatoms. The van der Waals surface area contributed by atoms with Crippen molar-refractivity contribution in [2.45, 2.75) is 117 Å². The lowest BCUT2D eigenvalue weighted by atomic mass is 9.80. The lowest BCUT2D eigenvalue weighted by Gasteiger charge is -2.35. The van der Waals surface area contributed by atoms with Crippen LogP contribution in [0, 0.1) is 11.8 Å². The van der Waals surface area contributed by atoms with Crippen molar-refractivity contribution in [2.75, 3.05) is 20.2 Å². The number of esters is 1. The maximum Gasteiger partial charge on any atom is 0.325 e. The van der Waals surface area contributed by atoms with E-state index in [1.807, 2.05) is 44.0 Å². The molecule has 0 bridgehead atoms. The Labute approximate surface area is 256 Å². The molecule has 3 amide bonds. The van der Waals surface area contributed by atoms with Gasteiger partial charge in [0, 0.05) is 37.7 Å². The number of guanidine groups is 1. The van der Waals surface area contributed by atoms with Gasteiger partial charge in [-0.3, -0.25) is 14.9 Å². The maximum absolute atomic E-state index is 13.1. The quantitative estimate of drug-likeness (QED) is 0.272. The topological polar surface area (TPSA) is 113 Å². The molecule has 4 rings (SSSR count). The second-order valence-corrected chi connectivity index (χ2v) is 12.9. The fourth-order valence-corrected chi connectivity index (χ4v) is 6.48. The molecule has 10 nitrogen and oxygen atoms in total. The van der Waals surface area contributed by atoms with E-state index >= 15 is 0 Å². The first-order chi connectivity index (χ1) is 20.6. The normalized spacial score (nSPS) is 22.3. The van der Waals surface area contributed by atoms with E-state index in [1.165, 1.54) is 19.3 Å². The Balaban J connectivity index is 1.37. The number of nitrogens with zero attached hydrogens (tertiary/aromatic N) is 3. The molecule has 1 aliphatic heterocycles. The summed E-state index contributed by atoms with van der Waals surface area (Å²) in [5, 5.41) is 5.63. The first kappa shape index (κ1) is 32.6. The first-order valence-corrected chi connectivity index (χ1v) is 16.2. The van der Waals surface area contributed by atoms with E-state index in [4.69, 9.17) is 9.47 Å². The van der Waals surface area contributed by atoms with Crippen molar-refractivity contribution >= 4 is 29.6 Å². The SMILES string of the molecule is CC(C)NC(=O)NC1=Nc2ccc(OCCCC(=O)N(C)C3CCCCC3)cc2CN1CC(=O)OC1C(C)CCCC1C. The number of benzene rings is 1. The van der Waals surface area contributed by atoms with Gasteiger partial charge in [0.1, 0.15) is 18.4 Å². The van der Waals surface area contributed by atoms with Crippen LogP contribution in [0.25, 0.3) is 0 Å². The summed E-state index contributed by atoms with van der Waals surface area (Å²) in [6, 6.07) is 5.56. The van der Waals surface area contributed by atoms with Crippen molar-refractivity contribution in [3.8, 4) is 5.75 Å². The molecular formula is C33H51N5O5. The molecular weight excluding hydrogens is 546 g/mol. The lowest BCUT2D eigenvalue weighted by molar-refractivity contribution is -0.157. The highest BCUT2D eigenvalue weighted by Crippen LogP contribution is 2.32. The number of carbonyl (C=O) groups is 3. The molecule has 0 radical (unpaired) electrons. The van der Waals surface area contributed by atoms with Crippen LogP contribution in [0.3, 0.4) is 0 Å². The van der Waals surface area contributed by atoms with E-state index in [0.29, 0.717) is 61.3 Å². The van der Waals surface area contributed by atoms with Crippen molar-refractivity contribution in [1.82, 2.24) is 20.4 Å². The first-order valence-electron chi connectivity index (χ1n) is 16.2. The lowest BCUT2D eigenvalue weighted by Crippen LogP contribution is -2.51. The third-order valence-electron chi connectivity index (χ3n) is 8.93. The second kappa shape index (κ2) is 15.4. The number of carbonyl (C=O) groups excluding carboxylic acids is 3. The minimum Gasteiger partial charge on any atom is -0.494 e. The van der Waals surface area contributed by atoms with Gasteiger partial charge in [0.2, 0.25) is 11.9 Å². The molecule has 2 saturated carbocycles. The van der Waals surface area contributed by atoms with Crippen LogP contribution in [-0.2, 0) is 20.9 Å². The van der Waals surface area contributed by atoms with Crippen molar-refractivity contribution < 1.29 is 23.9 Å². The van der Waals surface area contributed by atoms with Crippen molar-refractivity contribution in [1.29, 1.82) is 0 Å². The highest BCUT2D eigenvalue weighted by Gasteiger charge is 2.32. The Morgan fingerprint density at radius 3 is 2.47 bits per heavy atom. The van der Waals surface area contributed by atoms with E-state index in [2.05, 4.69) is 29.5 Å². The number of hydrogen-bond donors (Lipinski definition) is 2. The van der Waals surface area contributed by atoms with Crippen LogP contribution in [0.2, 0.25) is 0 Å². The summed E-state index contributed by atoms with van der Waals surface area (Å²) < 4.78 is 12.0. The third-order valence-corrected chi connectivity index (χ3v) is 8.93. The molecule has 2 fully saturated rings. The summed E-state index contributed by atoms with van der Waals surface area (Å²) in [5.41, 5.74) is 1.59. The van der Waals surface area contributed by atoms with E-state index in [9.17, 15) is 14.4 Å². The molecule has 1 aromatic rings. The smallest absolute Gasteiger partial charge is 0.325 e. The summed E-state index contributed by atoms with van der Waals surface area (Å²) in [5.74, 6) is 1.48. The fourth-order valence-electron chi connectivity index (χ4n) is 6.48. The van der Waals surface area contributed by atoms with Crippen LogP contribution in [0.4, 0.5) is 10.5 Å². The van der Waals surface area contributed by atoms with Crippen LogP contribution in [0.1, 0.15) is 97.5 Å². The summed E-state index contributed by atoms with van der Waals surface area (Å²) in [4.78, 5) is 46.7. The molecule has 2 aliphatic carbocycles. The highest BCUT2D eigenvalue weighted by atomic mass is 16.5. The monoisotopic (exact) mass is 597 g/mol. The van der Waals surface area contributed by atoms with Crippen LogP contribution in [0.5, 0.6) is 5.75 Å². The zero-order valence-electron chi connectivity index (χ0n) is 26.7. The molecule has 1 aromatic carbocycles. The van der Waals surface area contributed by atoms with Gasteiger partial charge < -0.3 is 24.6 Å². The largest absolute Gasteiger partial charge is 0.494 e. The number of hydrogen-bond acceptors (Lipinski definition) is 7. The molecule has 2 unspecified atom stereocenters. The zero-order valence-corrected chi connectivity index (χ0v) is 26.7. The number of urea groups is 1. The molecule has 2 atom stereocenters. The third kappa shape index (κ3) is 9.34. The minimum absolute atomic E-state index is 0.0299. The van der Waals surface area contributed by atoms with Crippen molar-refractivity contribution in [2.24, 2.45) is 16.8 Å². The number of rotatable bonds is 10. The van der Waals surface area contributed by atoms with Gasteiger partial charge in [-0.05, 0) is 76.0 Å². The van der Waals surface area contributed by atoms with E-state index < -0.39 is 0 Å². The summed E-state index contributed by atoms with van der Waals surface area (Å²) in [7, 11) is 1.93. The summed E-state index contributed by atoms with van der Waals surface area (Å²) >= 11 is 0. The van der Waals surface area contributed by atoms with Gasteiger partial charge in [0.15, 0.2) is 0 Å². The zero-order chi connectivity index (χ0) is 30.9. The Bertz CT molecular complexity index is 1140. The van der Waals surface area contributed by atoms with E-state index in [-0.39, 0.29) is 36.6 Å². The average Bonchev–Trinajstić information content (AvgIpc) is 2.97. The van der Waals surface area contributed by atoms with Gasteiger partial charge in [0.05, 0.1) is 12.3 Å². The molecule has 1 heterocycles. The Morgan fingerprint density at radius 1 is 1.05 bits per heavy atom. The maximum atomic E-state index is 13.1. The van der Waals surface area contributed by atoms with Crippen LogP contribution >= 0.6 is 0 Å². The van der Waals surface area contributed by atoms with E-state index in [1.54, 1.807) is 4.90 Å². The number of fused-ring (bicyclic) bond motifs is 1. The second-order valence-electron chi connectivity index (χ2n) is 12.9. The van der Waals surface area contributed by atoms with Crippen molar-refractivity contribution in [3.63, 3.8) is 0 Å². The fraction of sp³-hybridized carbons (Fsp3) is 0.697. The van der Waals surface area contributed by atoms with Gasteiger partial charge in [-0.25, -0.2) is 9.79 Å². The molecule has 2 N–H and O–H groups in total. The molecule has 43 heavy (non-hydrogen) atoms. The van der Waals surface area contributed by atoms with E-state index in [0.717, 1.165) is 37.7 Å². The molecule has 0 aromatic heterocycles. The van der Waals surface area contributed by atoms with Crippen LogP contribution in [-0.4, -0.2) is 72.1 Å². The average molecular weight is 598 g/mol. The molecule has 0 saturated heterocycles. The Hall–Kier alpha value is -3.30. The van der Waals surface area contributed by atoms with Gasteiger partial charge in [-0.1, -0.05) is 39.5 Å². The number of nitrogens with one attached hydrogen (secondary N) is 2. The van der Waals surface area contributed by atoms with Gasteiger partial charge in [-0.2, -0.15) is 0 Å². The van der Waals surface area contributed by atoms with Gasteiger partial charge >= 0.3 is 12.0 Å².